The maximum atomic E-state index is 14.2. The minimum absolute atomic E-state index is 0.0229. The molecule has 4 N–H and O–H groups in total. The van der Waals surface area contributed by atoms with Crippen LogP contribution in [-0.2, 0) is 6.42 Å². The van der Waals surface area contributed by atoms with Gasteiger partial charge >= 0.3 is 0 Å². The summed E-state index contributed by atoms with van der Waals surface area (Å²) in [6, 6.07) is 13.5. The molecular weight excluding hydrogens is 497 g/mol. The number of nitrogens with two attached hydrogens (primary N) is 2. The van der Waals surface area contributed by atoms with Gasteiger partial charge < -0.3 is 11.5 Å². The lowest BCUT2D eigenvalue weighted by molar-refractivity contribution is 0.0924. The van der Waals surface area contributed by atoms with E-state index >= 15 is 0 Å². The van der Waals surface area contributed by atoms with Crippen molar-refractivity contribution in [2.45, 2.75) is 12.5 Å². The molecule has 10 heteroatoms. The van der Waals surface area contributed by atoms with Crippen LogP contribution in [0.25, 0.3) is 11.1 Å². The number of hydrogen-bond acceptors (Lipinski definition) is 5. The highest BCUT2D eigenvalue weighted by Gasteiger charge is 2.37. The smallest absolute Gasteiger partial charge is 0.266 e. The van der Waals surface area contributed by atoms with E-state index in [9.17, 15) is 27.6 Å². The van der Waals surface area contributed by atoms with Gasteiger partial charge in [-0.15, -0.1) is 0 Å². The molecule has 0 aliphatic carbocycles. The molecule has 190 valence electrons. The topological polar surface area (TPSA) is 119 Å². The van der Waals surface area contributed by atoms with Gasteiger partial charge in [-0.1, -0.05) is 18.2 Å². The highest BCUT2D eigenvalue weighted by atomic mass is 19.1. The molecule has 0 bridgehead atoms. The molecule has 3 amide bonds. The van der Waals surface area contributed by atoms with Crippen molar-refractivity contribution in [3.05, 3.63) is 118 Å². The lowest BCUT2D eigenvalue weighted by atomic mass is 9.94. The van der Waals surface area contributed by atoms with Crippen molar-refractivity contribution in [2.24, 2.45) is 11.5 Å². The Bertz CT molecular complexity index is 1580. The molecule has 0 radical (unpaired) electrons. The van der Waals surface area contributed by atoms with Gasteiger partial charge in [-0.25, -0.2) is 18.1 Å². The molecule has 4 aromatic rings. The summed E-state index contributed by atoms with van der Waals surface area (Å²) in [5, 5.41) is 0. The molecule has 7 nitrogen and oxygen atoms in total. The number of nitrogens with zero attached hydrogens (tertiary/aromatic N) is 2. The lowest BCUT2D eigenvalue weighted by Gasteiger charge is -2.20. The van der Waals surface area contributed by atoms with Crippen LogP contribution in [-0.4, -0.2) is 22.7 Å². The van der Waals surface area contributed by atoms with E-state index in [4.69, 9.17) is 11.5 Å². The maximum Gasteiger partial charge on any atom is 0.266 e. The summed E-state index contributed by atoms with van der Waals surface area (Å²) in [4.78, 5) is 43.2. The highest BCUT2D eigenvalue weighted by molar-refractivity contribution is 6.34. The number of carbonyl (C=O) groups is 3. The third kappa shape index (κ3) is 4.41. The van der Waals surface area contributed by atoms with Crippen molar-refractivity contribution in [1.29, 1.82) is 0 Å². The van der Waals surface area contributed by atoms with Crippen LogP contribution in [0.5, 0.6) is 0 Å². The summed E-state index contributed by atoms with van der Waals surface area (Å²) >= 11 is 0. The Morgan fingerprint density at radius 2 is 1.50 bits per heavy atom. The quantitative estimate of drug-likeness (QED) is 0.370. The van der Waals surface area contributed by atoms with E-state index in [0.717, 1.165) is 29.2 Å². The van der Waals surface area contributed by atoms with Gasteiger partial charge in [0, 0.05) is 11.6 Å². The predicted octanol–water partition coefficient (Wildman–Crippen LogP) is 4.31. The van der Waals surface area contributed by atoms with E-state index in [0.29, 0.717) is 0 Å². The number of fused-ring (bicyclic) bond motifs is 1. The summed E-state index contributed by atoms with van der Waals surface area (Å²) in [6.45, 7) is 0. The summed E-state index contributed by atoms with van der Waals surface area (Å²) in [7, 11) is 0. The summed E-state index contributed by atoms with van der Waals surface area (Å²) in [5.41, 5.74) is 12.9. The fraction of sp³-hybridized carbons (Fsp3) is 0.0714. The average Bonchev–Trinajstić information content (AvgIpc) is 3.13. The first-order valence-corrected chi connectivity index (χ1v) is 11.4. The van der Waals surface area contributed by atoms with Crippen molar-refractivity contribution in [1.82, 2.24) is 4.98 Å². The minimum Gasteiger partial charge on any atom is -0.366 e. The molecule has 1 atom stereocenters. The van der Waals surface area contributed by atoms with Crippen LogP contribution >= 0.6 is 0 Å². The van der Waals surface area contributed by atoms with E-state index in [1.807, 2.05) is 0 Å². The SMILES string of the molecule is NC(=O)c1cc(-c2cc(N3C(=O)c4ccccc4C3=O)cnc2C(N)Cc2cc(F)cc(F)c2)ccc1F. The molecule has 0 fully saturated rings. The fourth-order valence-electron chi connectivity index (χ4n) is 4.50. The zero-order valence-corrected chi connectivity index (χ0v) is 19.6. The highest BCUT2D eigenvalue weighted by Crippen LogP contribution is 2.35. The second kappa shape index (κ2) is 9.56. The van der Waals surface area contributed by atoms with E-state index in [-0.39, 0.29) is 51.2 Å². The second-order valence-corrected chi connectivity index (χ2v) is 8.76. The molecule has 0 saturated carbocycles. The predicted molar refractivity (Wildman–Crippen MR) is 133 cm³/mol. The Labute approximate surface area is 214 Å². The van der Waals surface area contributed by atoms with Crippen LogP contribution in [0.3, 0.4) is 0 Å². The first kappa shape index (κ1) is 24.8. The van der Waals surface area contributed by atoms with Gasteiger partial charge in [0.25, 0.3) is 17.7 Å². The third-order valence-corrected chi connectivity index (χ3v) is 6.23. The molecule has 0 saturated heterocycles. The number of aromatic nitrogens is 1. The molecule has 1 aromatic heterocycles. The molecule has 0 spiro atoms. The second-order valence-electron chi connectivity index (χ2n) is 8.76. The first-order chi connectivity index (χ1) is 18.1. The van der Waals surface area contributed by atoms with Gasteiger partial charge in [-0.2, -0.15) is 0 Å². The van der Waals surface area contributed by atoms with Gasteiger partial charge in [0.05, 0.1) is 40.3 Å². The largest absolute Gasteiger partial charge is 0.366 e. The summed E-state index contributed by atoms with van der Waals surface area (Å²) in [5.74, 6) is -4.50. The monoisotopic (exact) mass is 516 g/mol. The Morgan fingerprint density at radius 3 is 2.11 bits per heavy atom. The molecule has 5 rings (SSSR count). The summed E-state index contributed by atoms with van der Waals surface area (Å²) in [6.07, 6.45) is 1.26. The van der Waals surface area contributed by atoms with E-state index in [1.54, 1.807) is 12.1 Å². The maximum absolute atomic E-state index is 14.2. The van der Waals surface area contributed by atoms with Gasteiger partial charge in [0.2, 0.25) is 0 Å². The van der Waals surface area contributed by atoms with Gasteiger partial charge in [-0.05, 0) is 60.0 Å². The van der Waals surface area contributed by atoms with Gasteiger partial charge in [-0.3, -0.25) is 19.4 Å². The normalized spacial score (nSPS) is 13.5. The molecule has 2 heterocycles. The Morgan fingerprint density at radius 1 is 0.868 bits per heavy atom. The molecule has 38 heavy (non-hydrogen) atoms. The Hall–Kier alpha value is -4.83. The van der Waals surface area contributed by atoms with Gasteiger partial charge in [0.1, 0.15) is 17.5 Å². The number of carbonyl (C=O) groups excluding carboxylic acids is 3. The minimum atomic E-state index is -1.00. The fourth-order valence-corrected chi connectivity index (χ4v) is 4.50. The lowest BCUT2D eigenvalue weighted by Crippen LogP contribution is -2.30. The number of pyridine rings is 1. The van der Waals surface area contributed by atoms with E-state index in [2.05, 4.69) is 4.98 Å². The average molecular weight is 516 g/mol. The van der Waals surface area contributed by atoms with E-state index < -0.39 is 41.2 Å². The van der Waals surface area contributed by atoms with Crippen LogP contribution in [0.1, 0.15) is 48.4 Å². The van der Waals surface area contributed by atoms with Crippen molar-refractivity contribution in [3.8, 4) is 11.1 Å². The zero-order chi connectivity index (χ0) is 27.1. The standard InChI is InChI=1S/C28H19F3N4O3/c29-16-7-14(8-17(30)11-16)9-24(32)25-21(15-5-6-23(31)22(10-15)26(33)36)12-18(13-34-25)35-27(37)19-3-1-2-4-20(19)28(35)38/h1-8,10-13,24H,9,32H2,(H2,33,36). The van der Waals surface area contributed by atoms with Crippen molar-refractivity contribution in [2.75, 3.05) is 4.90 Å². The number of amides is 3. The number of imide groups is 1. The molecule has 1 aliphatic rings. The van der Waals surface area contributed by atoms with Crippen molar-refractivity contribution >= 4 is 23.4 Å². The Balaban J connectivity index is 1.62. The van der Waals surface area contributed by atoms with Gasteiger partial charge in [0.15, 0.2) is 0 Å². The molecule has 3 aromatic carbocycles. The number of anilines is 1. The zero-order valence-electron chi connectivity index (χ0n) is 19.6. The van der Waals surface area contributed by atoms with Crippen molar-refractivity contribution < 1.29 is 27.6 Å². The van der Waals surface area contributed by atoms with Crippen molar-refractivity contribution in [3.63, 3.8) is 0 Å². The van der Waals surface area contributed by atoms with Crippen LogP contribution in [0.2, 0.25) is 0 Å². The van der Waals surface area contributed by atoms with Crippen LogP contribution in [0.15, 0.2) is 72.9 Å². The van der Waals surface area contributed by atoms with E-state index in [1.165, 1.54) is 36.5 Å². The number of rotatable bonds is 6. The van der Waals surface area contributed by atoms with Crippen LogP contribution in [0.4, 0.5) is 18.9 Å². The Kier molecular flexibility index (Phi) is 6.25. The molecule has 1 unspecified atom stereocenters. The number of benzene rings is 3. The number of hydrogen-bond donors (Lipinski definition) is 2. The van der Waals surface area contributed by atoms with Crippen LogP contribution < -0.4 is 16.4 Å². The third-order valence-electron chi connectivity index (χ3n) is 6.23. The number of halogens is 3. The molecule has 1 aliphatic heterocycles. The van der Waals surface area contributed by atoms with Crippen LogP contribution in [0, 0.1) is 17.5 Å². The summed E-state index contributed by atoms with van der Waals surface area (Å²) < 4.78 is 41.7. The molecular formula is C28H19F3N4O3. The number of primary amides is 1. The first-order valence-electron chi connectivity index (χ1n) is 11.4.